The minimum absolute atomic E-state index is 0.0592. The molecule has 3 rings (SSSR count). The summed E-state index contributed by atoms with van der Waals surface area (Å²) in [7, 11) is 0. The average Bonchev–Trinajstić information content (AvgIpc) is 3.11. The molecule has 3 aromatic rings. The standard InChI is InChI=1S/C16H17N3O3S3/c1-5-22-15(21)11-8(3)10-13(20)18-12(19-14(10)25-11)9(4)24-16-17-7(2)6-23-16/h6,9H,5H2,1-4H3,(H,18,19,20)/t9-/m1/s1. The first-order valence-electron chi connectivity index (χ1n) is 7.70. The number of carbonyl (C=O) groups excluding carboxylic acids is 1. The maximum absolute atomic E-state index is 12.5. The Morgan fingerprint density at radius 2 is 2.16 bits per heavy atom. The number of aromatic nitrogens is 3. The average molecular weight is 396 g/mol. The van der Waals surface area contributed by atoms with Crippen LogP contribution < -0.4 is 5.56 Å². The largest absolute Gasteiger partial charge is 0.462 e. The summed E-state index contributed by atoms with van der Waals surface area (Å²) in [6, 6.07) is 0. The van der Waals surface area contributed by atoms with Crippen LogP contribution in [0.3, 0.4) is 0 Å². The van der Waals surface area contributed by atoms with Crippen LogP contribution in [0.2, 0.25) is 0 Å². The molecule has 6 nitrogen and oxygen atoms in total. The predicted molar refractivity (Wildman–Crippen MR) is 102 cm³/mol. The molecule has 0 spiro atoms. The number of aryl methyl sites for hydroxylation is 2. The number of nitrogens with zero attached hydrogens (tertiary/aromatic N) is 2. The Hall–Kier alpha value is -1.71. The molecule has 1 atom stereocenters. The van der Waals surface area contributed by atoms with Gasteiger partial charge in [0.1, 0.15) is 15.5 Å². The van der Waals surface area contributed by atoms with Crippen molar-refractivity contribution in [1.29, 1.82) is 0 Å². The van der Waals surface area contributed by atoms with Gasteiger partial charge in [-0.1, -0.05) is 11.8 Å². The van der Waals surface area contributed by atoms with Gasteiger partial charge >= 0.3 is 5.97 Å². The summed E-state index contributed by atoms with van der Waals surface area (Å²) in [6.07, 6.45) is 0. The van der Waals surface area contributed by atoms with Crippen LogP contribution in [-0.4, -0.2) is 27.5 Å². The molecule has 0 aliphatic carbocycles. The SMILES string of the molecule is CCOC(=O)c1sc2nc([C@@H](C)Sc3nc(C)cs3)[nH]c(=O)c2c1C. The van der Waals surface area contributed by atoms with E-state index in [2.05, 4.69) is 15.0 Å². The fourth-order valence-corrected chi connectivity index (χ4v) is 5.46. The molecule has 0 aromatic carbocycles. The lowest BCUT2D eigenvalue weighted by Gasteiger charge is -2.08. The van der Waals surface area contributed by atoms with Gasteiger partial charge in [0.05, 0.1) is 17.2 Å². The van der Waals surface area contributed by atoms with Crippen molar-refractivity contribution in [3.05, 3.63) is 37.7 Å². The van der Waals surface area contributed by atoms with Crippen molar-refractivity contribution >= 4 is 50.6 Å². The fraction of sp³-hybridized carbons (Fsp3) is 0.375. The lowest BCUT2D eigenvalue weighted by atomic mass is 10.2. The smallest absolute Gasteiger partial charge is 0.348 e. The summed E-state index contributed by atoms with van der Waals surface area (Å²) in [5.41, 5.74) is 1.37. The van der Waals surface area contributed by atoms with Gasteiger partial charge in [-0.15, -0.1) is 22.7 Å². The molecule has 0 aliphatic heterocycles. The quantitative estimate of drug-likeness (QED) is 0.517. The third kappa shape index (κ3) is 3.63. The van der Waals surface area contributed by atoms with Crippen LogP contribution in [-0.2, 0) is 4.74 Å². The second-order valence-electron chi connectivity index (χ2n) is 5.42. The second kappa shape index (κ2) is 7.27. The van der Waals surface area contributed by atoms with E-state index in [1.54, 1.807) is 36.9 Å². The number of thioether (sulfide) groups is 1. The van der Waals surface area contributed by atoms with Gasteiger partial charge in [-0.2, -0.15) is 0 Å². The summed E-state index contributed by atoms with van der Waals surface area (Å²) >= 11 is 4.32. The van der Waals surface area contributed by atoms with Crippen LogP contribution in [0.5, 0.6) is 0 Å². The molecule has 0 saturated carbocycles. The predicted octanol–water partition coefficient (Wildman–Crippen LogP) is 4.09. The van der Waals surface area contributed by atoms with E-state index in [1.165, 1.54) is 11.3 Å². The number of fused-ring (bicyclic) bond motifs is 1. The molecule has 9 heteroatoms. The molecule has 0 unspecified atom stereocenters. The zero-order chi connectivity index (χ0) is 18.1. The first-order valence-corrected chi connectivity index (χ1v) is 10.3. The Balaban J connectivity index is 1.98. The Kier molecular flexibility index (Phi) is 5.26. The van der Waals surface area contributed by atoms with Crippen LogP contribution in [0, 0.1) is 13.8 Å². The first kappa shape index (κ1) is 18.1. The van der Waals surface area contributed by atoms with E-state index < -0.39 is 5.97 Å². The number of hydrogen-bond acceptors (Lipinski definition) is 8. The van der Waals surface area contributed by atoms with Crippen molar-refractivity contribution in [3.8, 4) is 0 Å². The minimum Gasteiger partial charge on any atom is -0.462 e. The number of nitrogens with one attached hydrogen (secondary N) is 1. The Bertz CT molecular complexity index is 990. The molecule has 3 aromatic heterocycles. The number of thiazole rings is 1. The normalized spacial score (nSPS) is 12.5. The van der Waals surface area contributed by atoms with E-state index in [0.29, 0.717) is 33.1 Å². The molecule has 0 aliphatic rings. The lowest BCUT2D eigenvalue weighted by Crippen LogP contribution is -2.12. The maximum Gasteiger partial charge on any atom is 0.348 e. The van der Waals surface area contributed by atoms with Gasteiger partial charge in [0.25, 0.3) is 5.56 Å². The highest BCUT2D eigenvalue weighted by molar-refractivity contribution is 8.01. The van der Waals surface area contributed by atoms with Gasteiger partial charge in [0.2, 0.25) is 0 Å². The molecule has 3 heterocycles. The molecule has 132 valence electrons. The summed E-state index contributed by atoms with van der Waals surface area (Å²) in [4.78, 5) is 37.4. The number of rotatable bonds is 5. The number of H-pyrrole nitrogens is 1. The van der Waals surface area contributed by atoms with Gasteiger partial charge in [-0.3, -0.25) is 4.79 Å². The number of ether oxygens (including phenoxy) is 1. The van der Waals surface area contributed by atoms with Crippen molar-refractivity contribution in [3.63, 3.8) is 0 Å². The molecule has 1 N–H and O–H groups in total. The van der Waals surface area contributed by atoms with E-state index in [4.69, 9.17) is 4.74 Å². The van der Waals surface area contributed by atoms with Crippen LogP contribution >= 0.6 is 34.4 Å². The van der Waals surface area contributed by atoms with Crippen molar-refractivity contribution in [2.75, 3.05) is 6.61 Å². The fourth-order valence-electron chi connectivity index (χ4n) is 2.34. The van der Waals surface area contributed by atoms with E-state index in [1.807, 2.05) is 19.2 Å². The van der Waals surface area contributed by atoms with Crippen molar-refractivity contribution < 1.29 is 9.53 Å². The molecular formula is C16H17N3O3S3. The van der Waals surface area contributed by atoms with E-state index in [0.717, 1.165) is 10.0 Å². The van der Waals surface area contributed by atoms with E-state index in [-0.39, 0.29) is 10.8 Å². The molecule has 0 saturated heterocycles. The number of esters is 1. The van der Waals surface area contributed by atoms with E-state index in [9.17, 15) is 9.59 Å². The zero-order valence-electron chi connectivity index (χ0n) is 14.2. The van der Waals surface area contributed by atoms with Crippen molar-refractivity contribution in [2.24, 2.45) is 0 Å². The Morgan fingerprint density at radius 3 is 2.80 bits per heavy atom. The Morgan fingerprint density at radius 1 is 1.40 bits per heavy atom. The second-order valence-corrected chi connectivity index (χ2v) is 8.87. The van der Waals surface area contributed by atoms with Crippen molar-refractivity contribution in [1.82, 2.24) is 15.0 Å². The van der Waals surface area contributed by atoms with E-state index >= 15 is 0 Å². The van der Waals surface area contributed by atoms with Gasteiger partial charge in [0.15, 0.2) is 4.34 Å². The first-order chi connectivity index (χ1) is 11.9. The molecule has 0 radical (unpaired) electrons. The Labute approximate surface area is 156 Å². The molecule has 0 fully saturated rings. The van der Waals surface area contributed by atoms with Crippen LogP contribution in [0.15, 0.2) is 14.5 Å². The van der Waals surface area contributed by atoms with Gasteiger partial charge in [-0.05, 0) is 33.3 Å². The monoisotopic (exact) mass is 395 g/mol. The summed E-state index contributed by atoms with van der Waals surface area (Å²) in [5, 5.41) is 2.39. The third-order valence-corrected chi connectivity index (χ3v) is 6.90. The van der Waals surface area contributed by atoms with Crippen LogP contribution in [0.25, 0.3) is 10.2 Å². The number of carbonyl (C=O) groups is 1. The summed E-state index contributed by atoms with van der Waals surface area (Å²) in [6.45, 7) is 7.71. The summed E-state index contributed by atoms with van der Waals surface area (Å²) < 4.78 is 5.99. The van der Waals surface area contributed by atoms with Gasteiger partial charge < -0.3 is 9.72 Å². The number of aromatic amines is 1. The van der Waals surface area contributed by atoms with Crippen LogP contribution in [0.4, 0.5) is 0 Å². The third-order valence-electron chi connectivity index (χ3n) is 3.54. The summed E-state index contributed by atoms with van der Waals surface area (Å²) in [5.74, 6) is 0.164. The highest BCUT2D eigenvalue weighted by atomic mass is 32.2. The molecule has 0 amide bonds. The maximum atomic E-state index is 12.5. The van der Waals surface area contributed by atoms with Gasteiger partial charge in [0, 0.05) is 11.1 Å². The van der Waals surface area contributed by atoms with Crippen molar-refractivity contribution in [2.45, 2.75) is 37.3 Å². The topological polar surface area (TPSA) is 84.9 Å². The number of hydrogen-bond donors (Lipinski definition) is 1. The highest BCUT2D eigenvalue weighted by Crippen LogP contribution is 2.36. The zero-order valence-corrected chi connectivity index (χ0v) is 16.7. The highest BCUT2D eigenvalue weighted by Gasteiger charge is 2.21. The molecule has 25 heavy (non-hydrogen) atoms. The van der Waals surface area contributed by atoms with Crippen LogP contribution in [0.1, 0.15) is 45.9 Å². The molecular weight excluding hydrogens is 378 g/mol. The minimum atomic E-state index is -0.412. The lowest BCUT2D eigenvalue weighted by molar-refractivity contribution is 0.0531. The number of thiophene rings is 1. The van der Waals surface area contributed by atoms with Gasteiger partial charge in [-0.25, -0.2) is 14.8 Å². The molecule has 0 bridgehead atoms.